The van der Waals surface area contributed by atoms with Crippen LogP contribution in [0, 0.1) is 5.92 Å². The number of nitrogens with two attached hydrogens (primary N) is 1. The van der Waals surface area contributed by atoms with Gasteiger partial charge in [-0.3, -0.25) is 0 Å². The van der Waals surface area contributed by atoms with Crippen molar-refractivity contribution < 1.29 is 8.42 Å². The van der Waals surface area contributed by atoms with E-state index in [2.05, 4.69) is 11.9 Å². The molecule has 0 bridgehead atoms. The fourth-order valence-corrected chi connectivity index (χ4v) is 3.83. The van der Waals surface area contributed by atoms with E-state index in [1.807, 2.05) is 0 Å². The first kappa shape index (κ1) is 13.3. The van der Waals surface area contributed by atoms with Crippen LogP contribution in [0.5, 0.6) is 0 Å². The van der Waals surface area contributed by atoms with Crippen molar-refractivity contribution in [3.63, 3.8) is 0 Å². The second-order valence-corrected chi connectivity index (χ2v) is 6.66. The summed E-state index contributed by atoms with van der Waals surface area (Å²) in [6.07, 6.45) is 4.47. The molecule has 1 aromatic rings. The lowest BCUT2D eigenvalue weighted by Gasteiger charge is -2.16. The second-order valence-electron chi connectivity index (χ2n) is 4.73. The van der Waals surface area contributed by atoms with Crippen LogP contribution in [0.3, 0.4) is 0 Å². The molecule has 2 rings (SSSR count). The van der Waals surface area contributed by atoms with Crippen LogP contribution in [0.4, 0.5) is 5.82 Å². The Morgan fingerprint density at radius 3 is 2.89 bits per heavy atom. The summed E-state index contributed by atoms with van der Waals surface area (Å²) in [5.74, 6) is 0.825. The molecule has 1 aliphatic rings. The summed E-state index contributed by atoms with van der Waals surface area (Å²) in [4.78, 5) is 4.07. The second kappa shape index (κ2) is 5.24. The molecule has 2 heterocycles. The molecule has 100 valence electrons. The lowest BCUT2D eigenvalue weighted by atomic mass is 10.0. The Morgan fingerprint density at radius 1 is 1.50 bits per heavy atom. The Morgan fingerprint density at radius 2 is 2.28 bits per heavy atom. The van der Waals surface area contributed by atoms with Gasteiger partial charge in [0.2, 0.25) is 10.0 Å². The summed E-state index contributed by atoms with van der Waals surface area (Å²) in [6.45, 7) is 3.36. The third kappa shape index (κ3) is 2.64. The van der Waals surface area contributed by atoms with Crippen LogP contribution in [0.1, 0.15) is 26.2 Å². The molecule has 0 amide bonds. The fraction of sp³-hybridized carbons (Fsp3) is 0.583. The van der Waals surface area contributed by atoms with Gasteiger partial charge in [0, 0.05) is 19.3 Å². The van der Waals surface area contributed by atoms with E-state index in [0.717, 1.165) is 19.3 Å². The average molecular weight is 269 g/mol. The van der Waals surface area contributed by atoms with Gasteiger partial charge >= 0.3 is 0 Å². The third-order valence-corrected chi connectivity index (χ3v) is 5.19. The van der Waals surface area contributed by atoms with Gasteiger partial charge in [0.1, 0.15) is 10.7 Å². The monoisotopic (exact) mass is 269 g/mol. The van der Waals surface area contributed by atoms with Crippen molar-refractivity contribution in [2.45, 2.75) is 31.1 Å². The molecule has 5 nitrogen and oxygen atoms in total. The van der Waals surface area contributed by atoms with Gasteiger partial charge in [0.05, 0.1) is 0 Å². The van der Waals surface area contributed by atoms with Gasteiger partial charge in [-0.05, 0) is 30.9 Å². The van der Waals surface area contributed by atoms with Crippen molar-refractivity contribution in [1.82, 2.24) is 9.29 Å². The number of sulfonamides is 1. The van der Waals surface area contributed by atoms with E-state index in [1.54, 1.807) is 4.31 Å². The van der Waals surface area contributed by atoms with Crippen LogP contribution in [0.2, 0.25) is 0 Å². The van der Waals surface area contributed by atoms with E-state index in [-0.39, 0.29) is 4.90 Å². The molecule has 2 N–H and O–H groups in total. The van der Waals surface area contributed by atoms with Crippen LogP contribution in [-0.2, 0) is 10.0 Å². The standard InChI is InChI=1S/C12H19N3O2S/c1-2-3-10-6-7-15(9-10)18(16,17)11-4-5-12(13)14-8-11/h4-5,8,10H,2-3,6-7,9H2,1H3,(H2,13,14). The molecule has 1 atom stereocenters. The van der Waals surface area contributed by atoms with E-state index in [4.69, 9.17) is 5.73 Å². The van der Waals surface area contributed by atoms with Gasteiger partial charge in [-0.25, -0.2) is 13.4 Å². The third-order valence-electron chi connectivity index (χ3n) is 3.34. The first-order valence-corrected chi connectivity index (χ1v) is 7.69. The summed E-state index contributed by atoms with van der Waals surface area (Å²) in [7, 11) is -3.39. The summed E-state index contributed by atoms with van der Waals surface area (Å²) in [6, 6.07) is 3.04. The molecule has 1 aromatic heterocycles. The molecule has 1 aliphatic heterocycles. The summed E-state index contributed by atoms with van der Waals surface area (Å²) in [5.41, 5.74) is 5.47. The van der Waals surface area contributed by atoms with E-state index < -0.39 is 10.0 Å². The van der Waals surface area contributed by atoms with Gasteiger partial charge < -0.3 is 5.73 Å². The number of nitrogen functional groups attached to an aromatic ring is 1. The number of hydrogen-bond acceptors (Lipinski definition) is 4. The maximum atomic E-state index is 12.3. The van der Waals surface area contributed by atoms with Crippen molar-refractivity contribution in [3.8, 4) is 0 Å². The summed E-state index contributed by atoms with van der Waals surface area (Å²) in [5, 5.41) is 0. The normalized spacial score (nSPS) is 21.3. The zero-order valence-electron chi connectivity index (χ0n) is 10.5. The quantitative estimate of drug-likeness (QED) is 0.898. The van der Waals surface area contributed by atoms with E-state index >= 15 is 0 Å². The molecule has 6 heteroatoms. The minimum absolute atomic E-state index is 0.230. The Hall–Kier alpha value is -1.14. The number of hydrogen-bond donors (Lipinski definition) is 1. The highest BCUT2D eigenvalue weighted by Gasteiger charge is 2.32. The summed E-state index contributed by atoms with van der Waals surface area (Å²) >= 11 is 0. The van der Waals surface area contributed by atoms with Gasteiger partial charge in [0.25, 0.3) is 0 Å². The molecule has 1 saturated heterocycles. The highest BCUT2D eigenvalue weighted by molar-refractivity contribution is 7.89. The molecule has 0 aromatic carbocycles. The molecule has 0 radical (unpaired) electrons. The van der Waals surface area contributed by atoms with Crippen LogP contribution in [0.25, 0.3) is 0 Å². The largest absolute Gasteiger partial charge is 0.384 e. The van der Waals surface area contributed by atoms with Gasteiger partial charge in [-0.2, -0.15) is 4.31 Å². The lowest BCUT2D eigenvalue weighted by molar-refractivity contribution is 0.444. The minimum Gasteiger partial charge on any atom is -0.384 e. The number of rotatable bonds is 4. The molecule has 0 spiro atoms. The molecule has 0 saturated carbocycles. The SMILES string of the molecule is CCCC1CCN(S(=O)(=O)c2ccc(N)nc2)C1. The van der Waals surface area contributed by atoms with Crippen molar-refractivity contribution in [1.29, 1.82) is 0 Å². The smallest absolute Gasteiger partial charge is 0.244 e. The fourth-order valence-electron chi connectivity index (χ4n) is 2.35. The first-order valence-electron chi connectivity index (χ1n) is 6.25. The van der Waals surface area contributed by atoms with Crippen molar-refractivity contribution in [2.24, 2.45) is 5.92 Å². The molecular weight excluding hydrogens is 250 g/mol. The molecule has 0 aliphatic carbocycles. The maximum Gasteiger partial charge on any atom is 0.244 e. The predicted molar refractivity (Wildman–Crippen MR) is 70.4 cm³/mol. The Balaban J connectivity index is 2.15. The molecule has 1 fully saturated rings. The lowest BCUT2D eigenvalue weighted by Crippen LogP contribution is -2.29. The first-order chi connectivity index (χ1) is 8.54. The topological polar surface area (TPSA) is 76.3 Å². The van der Waals surface area contributed by atoms with E-state index in [9.17, 15) is 8.42 Å². The summed E-state index contributed by atoms with van der Waals surface area (Å²) < 4.78 is 26.2. The number of pyridine rings is 1. The Kier molecular flexibility index (Phi) is 3.87. The number of nitrogens with zero attached hydrogens (tertiary/aromatic N) is 2. The Bertz CT molecular complexity index is 499. The average Bonchev–Trinajstić information content (AvgIpc) is 2.79. The van der Waals surface area contributed by atoms with E-state index in [0.29, 0.717) is 24.8 Å². The number of anilines is 1. The number of aromatic nitrogens is 1. The van der Waals surface area contributed by atoms with Crippen LogP contribution >= 0.6 is 0 Å². The highest BCUT2D eigenvalue weighted by Crippen LogP contribution is 2.26. The van der Waals surface area contributed by atoms with Crippen molar-refractivity contribution in [3.05, 3.63) is 18.3 Å². The van der Waals surface area contributed by atoms with Crippen LogP contribution in [-0.4, -0.2) is 30.8 Å². The van der Waals surface area contributed by atoms with Gasteiger partial charge in [-0.1, -0.05) is 13.3 Å². The zero-order valence-corrected chi connectivity index (χ0v) is 11.4. The molecule has 18 heavy (non-hydrogen) atoms. The van der Waals surface area contributed by atoms with Gasteiger partial charge in [-0.15, -0.1) is 0 Å². The maximum absolute atomic E-state index is 12.3. The predicted octanol–water partition coefficient (Wildman–Crippen LogP) is 1.47. The van der Waals surface area contributed by atoms with Crippen molar-refractivity contribution >= 4 is 15.8 Å². The molecular formula is C12H19N3O2S. The highest BCUT2D eigenvalue weighted by atomic mass is 32.2. The molecule has 1 unspecified atom stereocenters. The van der Waals surface area contributed by atoms with Gasteiger partial charge in [0.15, 0.2) is 0 Å². The van der Waals surface area contributed by atoms with Crippen LogP contribution in [0.15, 0.2) is 23.2 Å². The zero-order chi connectivity index (χ0) is 13.2. The van der Waals surface area contributed by atoms with Crippen molar-refractivity contribution in [2.75, 3.05) is 18.8 Å². The minimum atomic E-state index is -3.39. The van der Waals surface area contributed by atoms with Crippen LogP contribution < -0.4 is 5.73 Å². The Labute approximate surface area is 108 Å². The van der Waals surface area contributed by atoms with E-state index in [1.165, 1.54) is 18.3 Å².